The second kappa shape index (κ2) is 5.06. The van der Waals surface area contributed by atoms with Crippen LogP contribution in [0.3, 0.4) is 0 Å². The Kier molecular flexibility index (Phi) is 5.38. The van der Waals surface area contributed by atoms with Crippen molar-refractivity contribution in [3.63, 3.8) is 0 Å². The number of rotatable bonds is 4. The summed E-state index contributed by atoms with van der Waals surface area (Å²) in [5.74, 6) is 0. The Morgan fingerprint density at radius 1 is 0.923 bits per heavy atom. The highest BCUT2D eigenvalue weighted by atomic mass is 31.1. The first-order valence-electron chi connectivity index (χ1n) is 4.83. The first-order valence-corrected chi connectivity index (χ1v) is 9.44. The van der Waals surface area contributed by atoms with Crippen molar-refractivity contribution in [3.8, 4) is 0 Å². The predicted octanol–water partition coefficient (Wildman–Crippen LogP) is 2.96. The van der Waals surface area contributed by atoms with Crippen LogP contribution in [0.4, 0.5) is 0 Å². The van der Waals surface area contributed by atoms with Gasteiger partial charge in [0.05, 0.1) is 0 Å². The lowest BCUT2D eigenvalue weighted by molar-refractivity contribution is 0.453. The number of nitrogens with two attached hydrogens (primary N) is 1. The third-order valence-corrected chi connectivity index (χ3v) is 7.56. The molecule has 0 aromatic heterocycles. The van der Waals surface area contributed by atoms with E-state index >= 15 is 0 Å². The summed E-state index contributed by atoms with van der Waals surface area (Å²) in [6.45, 7) is 16.1. The van der Waals surface area contributed by atoms with Gasteiger partial charge in [-0.25, -0.2) is 0 Å². The Morgan fingerprint density at radius 2 is 1.15 bits per heavy atom. The van der Waals surface area contributed by atoms with E-state index in [4.69, 9.17) is 5.73 Å². The van der Waals surface area contributed by atoms with Crippen molar-refractivity contribution in [1.82, 2.24) is 0 Å². The summed E-state index contributed by atoms with van der Waals surface area (Å²) < 4.78 is 0. The average molecular weight is 221 g/mol. The summed E-state index contributed by atoms with van der Waals surface area (Å²) in [5.41, 5.74) is 7.77. The van der Waals surface area contributed by atoms with E-state index in [9.17, 15) is 0 Å². The molecule has 2 atom stereocenters. The molecule has 2 N–H and O–H groups in total. The van der Waals surface area contributed by atoms with Gasteiger partial charge in [0.2, 0.25) is 0 Å². The molecule has 0 heterocycles. The van der Waals surface area contributed by atoms with E-state index in [0.717, 1.165) is 0 Å². The molecule has 0 saturated heterocycles. The average Bonchev–Trinajstić information content (AvgIpc) is 2.01. The van der Waals surface area contributed by atoms with Gasteiger partial charge in [-0.3, -0.25) is 0 Å². The Bertz CT molecular complexity index is 139. The molecule has 3 heteroatoms. The molecular formula is C10H25NP2. The van der Waals surface area contributed by atoms with Crippen molar-refractivity contribution in [2.24, 2.45) is 5.73 Å². The fourth-order valence-corrected chi connectivity index (χ4v) is 4.25. The Balaban J connectivity index is 4.54. The van der Waals surface area contributed by atoms with Gasteiger partial charge in [-0.05, 0) is 44.9 Å². The van der Waals surface area contributed by atoms with Gasteiger partial charge in [0.1, 0.15) is 0 Å². The van der Waals surface area contributed by atoms with Gasteiger partial charge in [-0.1, -0.05) is 13.8 Å². The van der Waals surface area contributed by atoms with Crippen molar-refractivity contribution >= 4 is 15.8 Å². The van der Waals surface area contributed by atoms with Crippen LogP contribution >= 0.6 is 15.8 Å². The summed E-state index contributed by atoms with van der Waals surface area (Å²) in [6.07, 6.45) is 0. The molecule has 0 fully saturated rings. The van der Waals surface area contributed by atoms with E-state index in [1.54, 1.807) is 0 Å². The van der Waals surface area contributed by atoms with E-state index in [1.807, 2.05) is 0 Å². The van der Waals surface area contributed by atoms with Gasteiger partial charge in [-0.15, -0.1) is 15.8 Å². The maximum atomic E-state index is 6.44. The minimum absolute atomic E-state index is 0.0183. The molecule has 2 unspecified atom stereocenters. The first kappa shape index (κ1) is 13.8. The maximum Gasteiger partial charge on any atom is 0.0256 e. The zero-order chi connectivity index (χ0) is 10.8. The molecule has 0 spiro atoms. The molecule has 1 nitrogen and oxygen atoms in total. The highest BCUT2D eigenvalue weighted by molar-refractivity contribution is 7.58. The molecule has 0 aromatic rings. The molecule has 0 aromatic carbocycles. The molecule has 0 rings (SSSR count). The fourth-order valence-electron chi connectivity index (χ4n) is 1.46. The van der Waals surface area contributed by atoms with Crippen molar-refractivity contribution in [2.75, 3.05) is 26.7 Å². The maximum absolute atomic E-state index is 6.44. The van der Waals surface area contributed by atoms with Crippen LogP contribution in [0.15, 0.2) is 0 Å². The molecule has 0 bridgehead atoms. The fraction of sp³-hybridized carbons (Fsp3) is 1.00. The lowest BCUT2D eigenvalue weighted by atomic mass is 9.96. The van der Waals surface area contributed by atoms with Gasteiger partial charge in [0, 0.05) is 5.54 Å². The normalized spacial score (nSPS) is 21.7. The van der Waals surface area contributed by atoms with Gasteiger partial charge >= 0.3 is 0 Å². The second-order valence-electron chi connectivity index (χ2n) is 4.65. The molecular weight excluding hydrogens is 196 g/mol. The van der Waals surface area contributed by atoms with Gasteiger partial charge < -0.3 is 5.73 Å². The predicted molar refractivity (Wildman–Crippen MR) is 69.1 cm³/mol. The van der Waals surface area contributed by atoms with Crippen LogP contribution in [0, 0.1) is 0 Å². The van der Waals surface area contributed by atoms with Crippen LogP contribution in [-0.4, -0.2) is 43.5 Å². The highest BCUT2D eigenvalue weighted by Gasteiger charge is 2.35. The highest BCUT2D eigenvalue weighted by Crippen LogP contribution is 2.46. The topological polar surface area (TPSA) is 26.0 Å². The molecule has 0 amide bonds. The zero-order valence-electron chi connectivity index (χ0n) is 10.1. The Labute approximate surface area is 86.4 Å². The molecule has 0 aliphatic rings. The Morgan fingerprint density at radius 3 is 1.31 bits per heavy atom. The lowest BCUT2D eigenvalue weighted by Crippen LogP contribution is -2.53. The molecule has 0 radical (unpaired) electrons. The van der Waals surface area contributed by atoms with Crippen molar-refractivity contribution in [3.05, 3.63) is 0 Å². The monoisotopic (exact) mass is 221 g/mol. The standard InChI is InChI=1S/C10H25NP2/c1-8(12(4)5)10(3,11)9(2)13(6)7/h8-9H,11H2,1-7H3. The quantitative estimate of drug-likeness (QED) is 0.726. The van der Waals surface area contributed by atoms with Crippen LogP contribution < -0.4 is 5.73 Å². The van der Waals surface area contributed by atoms with Gasteiger partial charge in [-0.2, -0.15) is 0 Å². The molecule has 13 heavy (non-hydrogen) atoms. The summed E-state index contributed by atoms with van der Waals surface area (Å²) in [7, 11) is 0.157. The lowest BCUT2D eigenvalue weighted by Gasteiger charge is -2.41. The number of hydrogen-bond acceptors (Lipinski definition) is 1. The number of hydrogen-bond donors (Lipinski definition) is 1. The molecule has 80 valence electrons. The van der Waals surface area contributed by atoms with E-state index in [2.05, 4.69) is 47.4 Å². The summed E-state index contributed by atoms with van der Waals surface area (Å²) >= 11 is 0. The third kappa shape index (κ3) is 3.46. The molecule has 0 saturated carbocycles. The molecule has 0 aliphatic carbocycles. The zero-order valence-corrected chi connectivity index (χ0v) is 11.9. The van der Waals surface area contributed by atoms with Crippen LogP contribution in [0.5, 0.6) is 0 Å². The van der Waals surface area contributed by atoms with Crippen LogP contribution in [0.2, 0.25) is 0 Å². The van der Waals surface area contributed by atoms with Crippen molar-refractivity contribution in [2.45, 2.75) is 37.6 Å². The summed E-state index contributed by atoms with van der Waals surface area (Å²) in [5, 5.41) is 0. The smallest absolute Gasteiger partial charge is 0.0256 e. The van der Waals surface area contributed by atoms with Crippen LogP contribution in [0.25, 0.3) is 0 Å². The second-order valence-corrected chi connectivity index (χ2v) is 10.0. The third-order valence-electron chi connectivity index (χ3n) is 3.35. The van der Waals surface area contributed by atoms with Crippen molar-refractivity contribution < 1.29 is 0 Å². The van der Waals surface area contributed by atoms with E-state index in [1.165, 1.54) is 0 Å². The van der Waals surface area contributed by atoms with Gasteiger partial charge in [0.15, 0.2) is 0 Å². The van der Waals surface area contributed by atoms with E-state index < -0.39 is 0 Å². The van der Waals surface area contributed by atoms with E-state index in [0.29, 0.717) is 11.3 Å². The van der Waals surface area contributed by atoms with Crippen LogP contribution in [0.1, 0.15) is 20.8 Å². The summed E-state index contributed by atoms with van der Waals surface area (Å²) in [4.78, 5) is 0. The van der Waals surface area contributed by atoms with Crippen LogP contribution in [-0.2, 0) is 0 Å². The summed E-state index contributed by atoms with van der Waals surface area (Å²) in [6, 6.07) is 0. The minimum Gasteiger partial charge on any atom is -0.324 e. The largest absolute Gasteiger partial charge is 0.324 e. The minimum atomic E-state index is 0.0183. The molecule has 0 aliphatic heterocycles. The first-order chi connectivity index (χ1) is 5.71. The SMILES string of the molecule is CC(P(C)C)C(C)(N)C(C)P(C)C. The van der Waals surface area contributed by atoms with Gasteiger partial charge in [0.25, 0.3) is 0 Å². The van der Waals surface area contributed by atoms with E-state index in [-0.39, 0.29) is 21.4 Å². The van der Waals surface area contributed by atoms with Crippen molar-refractivity contribution in [1.29, 1.82) is 0 Å². The Hall–Kier alpha value is 0.820.